The maximum absolute atomic E-state index is 11.2. The first-order valence-electron chi connectivity index (χ1n) is 7.18. The molecule has 0 N–H and O–H groups in total. The Labute approximate surface area is 143 Å². The van der Waals surface area contributed by atoms with Crippen molar-refractivity contribution in [2.75, 3.05) is 14.2 Å². The molecule has 1 unspecified atom stereocenters. The SMILES string of the molecule is COc1ccc(OC(C)N(C)Cc2ccccc2)c(C=O)c1.Cl. The lowest BCUT2D eigenvalue weighted by Crippen LogP contribution is -2.33. The smallest absolute Gasteiger partial charge is 0.153 e. The van der Waals surface area contributed by atoms with Gasteiger partial charge in [-0.2, -0.15) is 0 Å². The summed E-state index contributed by atoms with van der Waals surface area (Å²) >= 11 is 0. The highest BCUT2D eigenvalue weighted by Crippen LogP contribution is 2.24. The highest BCUT2D eigenvalue weighted by atomic mass is 35.5. The summed E-state index contributed by atoms with van der Waals surface area (Å²) < 4.78 is 11.0. The van der Waals surface area contributed by atoms with Crippen LogP contribution >= 0.6 is 12.4 Å². The molecule has 1 atom stereocenters. The predicted molar refractivity (Wildman–Crippen MR) is 93.6 cm³/mol. The molecule has 0 saturated carbocycles. The molecular weight excluding hydrogens is 314 g/mol. The zero-order valence-electron chi connectivity index (χ0n) is 13.6. The summed E-state index contributed by atoms with van der Waals surface area (Å²) in [6.07, 6.45) is 0.620. The first-order valence-corrected chi connectivity index (χ1v) is 7.18. The van der Waals surface area contributed by atoms with Crippen molar-refractivity contribution in [2.45, 2.75) is 19.7 Å². The molecule has 2 rings (SSSR count). The van der Waals surface area contributed by atoms with E-state index < -0.39 is 0 Å². The van der Waals surface area contributed by atoms with E-state index in [0.29, 0.717) is 17.1 Å². The third-order valence-electron chi connectivity index (χ3n) is 3.54. The van der Waals surface area contributed by atoms with Crippen LogP contribution < -0.4 is 9.47 Å². The molecule has 2 aromatic rings. The summed E-state index contributed by atoms with van der Waals surface area (Å²) in [5.41, 5.74) is 1.70. The molecule has 23 heavy (non-hydrogen) atoms. The van der Waals surface area contributed by atoms with Crippen molar-refractivity contribution in [3.8, 4) is 11.5 Å². The lowest BCUT2D eigenvalue weighted by atomic mass is 10.2. The fraction of sp³-hybridized carbons (Fsp3) is 0.278. The van der Waals surface area contributed by atoms with E-state index in [0.717, 1.165) is 12.8 Å². The Kier molecular flexibility index (Phi) is 7.59. The van der Waals surface area contributed by atoms with Crippen LogP contribution in [0.2, 0.25) is 0 Å². The fourth-order valence-electron chi connectivity index (χ4n) is 2.13. The molecule has 0 heterocycles. The van der Waals surface area contributed by atoms with E-state index in [9.17, 15) is 4.79 Å². The summed E-state index contributed by atoms with van der Waals surface area (Å²) in [7, 11) is 3.56. The molecule has 124 valence electrons. The molecule has 0 radical (unpaired) electrons. The van der Waals surface area contributed by atoms with Crippen molar-refractivity contribution in [3.05, 3.63) is 59.7 Å². The van der Waals surface area contributed by atoms with Crippen molar-refractivity contribution in [3.63, 3.8) is 0 Å². The lowest BCUT2D eigenvalue weighted by Gasteiger charge is -2.26. The summed E-state index contributed by atoms with van der Waals surface area (Å²) in [5, 5.41) is 0. The number of benzene rings is 2. The molecule has 0 bridgehead atoms. The van der Waals surface area contributed by atoms with E-state index >= 15 is 0 Å². The topological polar surface area (TPSA) is 38.8 Å². The van der Waals surface area contributed by atoms with Crippen LogP contribution in [0.1, 0.15) is 22.8 Å². The lowest BCUT2D eigenvalue weighted by molar-refractivity contribution is 0.0542. The number of methoxy groups -OCH3 is 1. The fourth-order valence-corrected chi connectivity index (χ4v) is 2.13. The van der Waals surface area contributed by atoms with Gasteiger partial charge >= 0.3 is 0 Å². The molecule has 5 heteroatoms. The molecule has 0 aliphatic carbocycles. The van der Waals surface area contributed by atoms with Crippen LogP contribution in [-0.4, -0.2) is 31.6 Å². The van der Waals surface area contributed by atoms with Crippen LogP contribution in [0.3, 0.4) is 0 Å². The minimum Gasteiger partial charge on any atom is -0.497 e. The first-order chi connectivity index (χ1) is 10.6. The molecule has 0 aromatic heterocycles. The van der Waals surface area contributed by atoms with Crippen LogP contribution in [0.15, 0.2) is 48.5 Å². The Morgan fingerprint density at radius 3 is 2.48 bits per heavy atom. The zero-order valence-corrected chi connectivity index (χ0v) is 14.4. The van der Waals surface area contributed by atoms with E-state index in [-0.39, 0.29) is 18.6 Å². The second-order valence-electron chi connectivity index (χ2n) is 5.14. The minimum absolute atomic E-state index is 0. The van der Waals surface area contributed by atoms with Crippen LogP contribution in [0, 0.1) is 0 Å². The molecular formula is C18H22ClNO3. The Morgan fingerprint density at radius 1 is 1.17 bits per heavy atom. The van der Waals surface area contributed by atoms with E-state index in [4.69, 9.17) is 9.47 Å². The van der Waals surface area contributed by atoms with Crippen LogP contribution in [0.25, 0.3) is 0 Å². The van der Waals surface area contributed by atoms with Crippen LogP contribution in [0.4, 0.5) is 0 Å². The van der Waals surface area contributed by atoms with Crippen molar-refractivity contribution in [1.29, 1.82) is 0 Å². The minimum atomic E-state index is -0.160. The van der Waals surface area contributed by atoms with Gasteiger partial charge < -0.3 is 9.47 Å². The highest BCUT2D eigenvalue weighted by Gasteiger charge is 2.14. The predicted octanol–water partition coefficient (Wildman–Crippen LogP) is 3.79. The third kappa shape index (κ3) is 5.27. The average molecular weight is 336 g/mol. The second kappa shape index (κ2) is 9.18. The van der Waals surface area contributed by atoms with Crippen molar-refractivity contribution >= 4 is 18.7 Å². The molecule has 0 aliphatic heterocycles. The normalized spacial score (nSPS) is 11.5. The number of rotatable bonds is 7. The molecule has 0 aliphatic rings. The molecule has 2 aromatic carbocycles. The van der Waals surface area contributed by atoms with Gasteiger partial charge in [0.2, 0.25) is 0 Å². The average Bonchev–Trinajstić information content (AvgIpc) is 2.56. The Hall–Kier alpha value is -2.04. The number of carbonyl (C=O) groups excluding carboxylic acids is 1. The number of ether oxygens (including phenoxy) is 2. The van der Waals surface area contributed by atoms with Gasteiger partial charge in [-0.25, -0.2) is 0 Å². The van der Waals surface area contributed by atoms with Gasteiger partial charge in [-0.1, -0.05) is 30.3 Å². The number of hydrogen-bond donors (Lipinski definition) is 0. The Morgan fingerprint density at radius 2 is 1.87 bits per heavy atom. The number of carbonyl (C=O) groups is 1. The van der Waals surface area contributed by atoms with Gasteiger partial charge in [0, 0.05) is 6.54 Å². The number of halogens is 1. The van der Waals surface area contributed by atoms with E-state index in [2.05, 4.69) is 17.0 Å². The van der Waals surface area contributed by atoms with Gasteiger partial charge in [-0.05, 0) is 37.7 Å². The molecule has 0 spiro atoms. The van der Waals surface area contributed by atoms with Crippen LogP contribution in [-0.2, 0) is 6.54 Å². The van der Waals surface area contributed by atoms with Gasteiger partial charge in [0.1, 0.15) is 17.7 Å². The van der Waals surface area contributed by atoms with Gasteiger partial charge in [-0.3, -0.25) is 9.69 Å². The summed E-state index contributed by atoms with van der Waals surface area (Å²) in [4.78, 5) is 13.3. The molecule has 0 amide bonds. The van der Waals surface area contributed by atoms with Crippen LogP contribution in [0.5, 0.6) is 11.5 Å². The largest absolute Gasteiger partial charge is 0.497 e. The second-order valence-corrected chi connectivity index (χ2v) is 5.14. The molecule has 0 saturated heterocycles. The van der Waals surface area contributed by atoms with E-state index in [1.54, 1.807) is 25.3 Å². The van der Waals surface area contributed by atoms with Crippen molar-refractivity contribution < 1.29 is 14.3 Å². The maximum Gasteiger partial charge on any atom is 0.153 e. The quantitative estimate of drug-likeness (QED) is 0.570. The number of hydrogen-bond acceptors (Lipinski definition) is 4. The zero-order chi connectivity index (χ0) is 15.9. The van der Waals surface area contributed by atoms with Gasteiger partial charge in [0.15, 0.2) is 6.29 Å². The van der Waals surface area contributed by atoms with E-state index in [1.165, 1.54) is 5.56 Å². The van der Waals surface area contributed by atoms with Gasteiger partial charge in [0.25, 0.3) is 0 Å². The summed E-state index contributed by atoms with van der Waals surface area (Å²) in [6, 6.07) is 15.4. The highest BCUT2D eigenvalue weighted by molar-refractivity contribution is 5.85. The third-order valence-corrected chi connectivity index (χ3v) is 3.54. The standard InChI is InChI=1S/C18H21NO3.ClH/c1-14(19(2)12-15-7-5-4-6-8-15)22-18-10-9-17(21-3)11-16(18)13-20;/h4-11,13-14H,12H2,1-3H3;1H. The first kappa shape index (κ1) is 19.0. The Balaban J connectivity index is 0.00000264. The Bertz CT molecular complexity index is 619. The van der Waals surface area contributed by atoms with Crippen molar-refractivity contribution in [2.24, 2.45) is 0 Å². The molecule has 4 nitrogen and oxygen atoms in total. The van der Waals surface area contributed by atoms with Crippen molar-refractivity contribution in [1.82, 2.24) is 4.90 Å². The maximum atomic E-state index is 11.2. The van der Waals surface area contributed by atoms with E-state index in [1.807, 2.05) is 32.2 Å². The summed E-state index contributed by atoms with van der Waals surface area (Å²) in [5.74, 6) is 1.20. The summed E-state index contributed by atoms with van der Waals surface area (Å²) in [6.45, 7) is 2.73. The number of aldehydes is 1. The number of nitrogens with zero attached hydrogens (tertiary/aromatic N) is 1. The molecule has 0 fully saturated rings. The monoisotopic (exact) mass is 335 g/mol. The van der Waals surface area contributed by atoms with Gasteiger partial charge in [0.05, 0.1) is 12.7 Å². The van der Waals surface area contributed by atoms with Gasteiger partial charge in [-0.15, -0.1) is 12.4 Å².